The maximum absolute atomic E-state index is 11.9. The lowest BCUT2D eigenvalue weighted by Crippen LogP contribution is -2.41. The van der Waals surface area contributed by atoms with Crippen molar-refractivity contribution in [1.29, 1.82) is 0 Å². The molecule has 5 heteroatoms. The first-order valence-corrected chi connectivity index (χ1v) is 6.40. The lowest BCUT2D eigenvalue weighted by atomic mass is 10.1. The van der Waals surface area contributed by atoms with Gasteiger partial charge in [0.15, 0.2) is 0 Å². The predicted octanol–water partition coefficient (Wildman–Crippen LogP) is 1.75. The van der Waals surface area contributed by atoms with Crippen LogP contribution in [0.25, 0.3) is 0 Å². The number of aromatic nitrogens is 1. The molecule has 19 heavy (non-hydrogen) atoms. The van der Waals surface area contributed by atoms with Gasteiger partial charge in [0.1, 0.15) is 5.69 Å². The summed E-state index contributed by atoms with van der Waals surface area (Å²) in [5, 5.41) is 5.58. The van der Waals surface area contributed by atoms with E-state index in [9.17, 15) is 9.59 Å². The van der Waals surface area contributed by atoms with Crippen LogP contribution in [0.4, 0.5) is 0 Å². The summed E-state index contributed by atoms with van der Waals surface area (Å²) in [7, 11) is 0. The second-order valence-electron chi connectivity index (χ2n) is 5.39. The molecule has 0 fully saturated rings. The Hall–Kier alpha value is -1.91. The van der Waals surface area contributed by atoms with Crippen LogP contribution in [0.5, 0.6) is 0 Å². The van der Waals surface area contributed by atoms with Crippen LogP contribution in [0.15, 0.2) is 18.3 Å². The minimum Gasteiger partial charge on any atom is -0.352 e. The van der Waals surface area contributed by atoms with Crippen LogP contribution in [-0.2, 0) is 0 Å². The van der Waals surface area contributed by atoms with Gasteiger partial charge < -0.3 is 10.6 Å². The van der Waals surface area contributed by atoms with Gasteiger partial charge in [0.05, 0.1) is 0 Å². The van der Waals surface area contributed by atoms with Crippen molar-refractivity contribution in [1.82, 2.24) is 15.6 Å². The maximum Gasteiger partial charge on any atom is 0.270 e. The molecule has 0 aromatic carbocycles. The van der Waals surface area contributed by atoms with Gasteiger partial charge in [-0.15, -0.1) is 0 Å². The first-order chi connectivity index (χ1) is 8.83. The van der Waals surface area contributed by atoms with E-state index in [0.717, 1.165) is 6.42 Å². The highest BCUT2D eigenvalue weighted by atomic mass is 16.2. The molecular weight excluding hydrogens is 242 g/mol. The van der Waals surface area contributed by atoms with Crippen molar-refractivity contribution in [2.24, 2.45) is 0 Å². The zero-order valence-electron chi connectivity index (χ0n) is 11.9. The SMILES string of the molecule is CCCNC(=O)c1ccnc(C(=O)NC(C)(C)C)c1. The Kier molecular flexibility index (Phi) is 5.03. The average molecular weight is 263 g/mol. The van der Waals surface area contributed by atoms with Crippen LogP contribution in [0.3, 0.4) is 0 Å². The molecule has 0 bridgehead atoms. The summed E-state index contributed by atoms with van der Waals surface area (Å²) in [6.07, 6.45) is 2.34. The number of carbonyl (C=O) groups is 2. The highest BCUT2D eigenvalue weighted by Crippen LogP contribution is 2.05. The van der Waals surface area contributed by atoms with E-state index in [-0.39, 0.29) is 23.0 Å². The number of pyridine rings is 1. The highest BCUT2D eigenvalue weighted by Gasteiger charge is 2.17. The number of hydrogen-bond acceptors (Lipinski definition) is 3. The molecule has 0 aliphatic carbocycles. The van der Waals surface area contributed by atoms with Crippen molar-refractivity contribution in [3.05, 3.63) is 29.6 Å². The molecule has 0 saturated carbocycles. The van der Waals surface area contributed by atoms with Crippen LogP contribution in [0, 0.1) is 0 Å². The first-order valence-electron chi connectivity index (χ1n) is 6.40. The number of carbonyl (C=O) groups excluding carboxylic acids is 2. The standard InChI is InChI=1S/C14H21N3O2/c1-5-7-16-12(18)10-6-8-15-11(9-10)13(19)17-14(2,3)4/h6,8-9H,5,7H2,1-4H3,(H,16,18)(H,17,19). The zero-order valence-corrected chi connectivity index (χ0v) is 11.9. The lowest BCUT2D eigenvalue weighted by Gasteiger charge is -2.20. The molecule has 104 valence electrons. The number of nitrogens with zero attached hydrogens (tertiary/aromatic N) is 1. The molecule has 1 heterocycles. The molecule has 1 aromatic rings. The van der Waals surface area contributed by atoms with Crippen molar-refractivity contribution >= 4 is 11.8 Å². The summed E-state index contributed by atoms with van der Waals surface area (Å²) in [6.45, 7) is 8.27. The van der Waals surface area contributed by atoms with E-state index in [1.165, 1.54) is 12.3 Å². The van der Waals surface area contributed by atoms with Gasteiger partial charge in [0, 0.05) is 23.8 Å². The normalized spacial score (nSPS) is 10.9. The number of hydrogen-bond donors (Lipinski definition) is 2. The fourth-order valence-corrected chi connectivity index (χ4v) is 1.44. The molecule has 0 aliphatic heterocycles. The summed E-state index contributed by atoms with van der Waals surface area (Å²) in [5.41, 5.74) is 0.362. The lowest BCUT2D eigenvalue weighted by molar-refractivity contribution is 0.0914. The first kappa shape index (κ1) is 15.1. The van der Waals surface area contributed by atoms with Crippen LogP contribution in [0.1, 0.15) is 55.0 Å². The van der Waals surface area contributed by atoms with E-state index < -0.39 is 0 Å². The van der Waals surface area contributed by atoms with E-state index in [1.54, 1.807) is 6.07 Å². The Bertz CT molecular complexity index is 464. The molecule has 0 aliphatic rings. The fraction of sp³-hybridized carbons (Fsp3) is 0.500. The molecule has 0 radical (unpaired) electrons. The Morgan fingerprint density at radius 3 is 2.53 bits per heavy atom. The quantitative estimate of drug-likeness (QED) is 0.869. The van der Waals surface area contributed by atoms with Crippen molar-refractivity contribution in [2.75, 3.05) is 6.54 Å². The predicted molar refractivity (Wildman–Crippen MR) is 74.1 cm³/mol. The minimum absolute atomic E-state index is 0.186. The highest BCUT2D eigenvalue weighted by molar-refractivity contribution is 5.98. The van der Waals surface area contributed by atoms with Gasteiger partial charge in [-0.05, 0) is 39.3 Å². The molecule has 0 unspecified atom stereocenters. The summed E-state index contributed by atoms with van der Waals surface area (Å²) in [6, 6.07) is 3.10. The van der Waals surface area contributed by atoms with Gasteiger partial charge in [-0.1, -0.05) is 6.92 Å². The molecule has 2 amide bonds. The Morgan fingerprint density at radius 2 is 1.95 bits per heavy atom. The van der Waals surface area contributed by atoms with Gasteiger partial charge in [0.25, 0.3) is 11.8 Å². The van der Waals surface area contributed by atoms with Crippen LogP contribution in [-0.4, -0.2) is 28.9 Å². The zero-order chi connectivity index (χ0) is 14.5. The number of amides is 2. The molecule has 0 saturated heterocycles. The third kappa shape index (κ3) is 5.07. The Labute approximate surface area is 113 Å². The van der Waals surface area contributed by atoms with E-state index in [4.69, 9.17) is 0 Å². The summed E-state index contributed by atoms with van der Waals surface area (Å²) >= 11 is 0. The monoisotopic (exact) mass is 263 g/mol. The van der Waals surface area contributed by atoms with E-state index in [1.807, 2.05) is 27.7 Å². The van der Waals surface area contributed by atoms with Gasteiger partial charge >= 0.3 is 0 Å². The number of nitrogens with one attached hydrogen (secondary N) is 2. The molecular formula is C14H21N3O2. The van der Waals surface area contributed by atoms with Crippen LogP contribution >= 0.6 is 0 Å². The second kappa shape index (κ2) is 6.31. The second-order valence-corrected chi connectivity index (χ2v) is 5.39. The summed E-state index contributed by atoms with van der Waals surface area (Å²) < 4.78 is 0. The molecule has 1 rings (SSSR count). The molecule has 1 aromatic heterocycles. The fourth-order valence-electron chi connectivity index (χ4n) is 1.44. The smallest absolute Gasteiger partial charge is 0.270 e. The molecule has 0 atom stereocenters. The van der Waals surface area contributed by atoms with Crippen molar-refractivity contribution < 1.29 is 9.59 Å². The Morgan fingerprint density at radius 1 is 1.26 bits per heavy atom. The number of rotatable bonds is 4. The minimum atomic E-state index is -0.334. The van der Waals surface area contributed by atoms with E-state index >= 15 is 0 Å². The van der Waals surface area contributed by atoms with E-state index in [2.05, 4.69) is 15.6 Å². The van der Waals surface area contributed by atoms with Crippen molar-refractivity contribution in [2.45, 2.75) is 39.7 Å². The summed E-state index contributed by atoms with van der Waals surface area (Å²) in [4.78, 5) is 27.7. The average Bonchev–Trinajstić information content (AvgIpc) is 2.34. The van der Waals surface area contributed by atoms with Crippen molar-refractivity contribution in [3.63, 3.8) is 0 Å². The van der Waals surface area contributed by atoms with Gasteiger partial charge in [-0.25, -0.2) is 0 Å². The Balaban J connectivity index is 2.82. The molecule has 2 N–H and O–H groups in total. The topological polar surface area (TPSA) is 71.1 Å². The largest absolute Gasteiger partial charge is 0.352 e. The third-order valence-electron chi connectivity index (χ3n) is 2.28. The van der Waals surface area contributed by atoms with Crippen LogP contribution in [0.2, 0.25) is 0 Å². The van der Waals surface area contributed by atoms with Crippen LogP contribution < -0.4 is 10.6 Å². The van der Waals surface area contributed by atoms with Crippen molar-refractivity contribution in [3.8, 4) is 0 Å². The maximum atomic E-state index is 11.9. The molecule has 0 spiro atoms. The van der Waals surface area contributed by atoms with Gasteiger partial charge in [0.2, 0.25) is 0 Å². The molecule has 5 nitrogen and oxygen atoms in total. The van der Waals surface area contributed by atoms with Gasteiger partial charge in [-0.3, -0.25) is 14.6 Å². The van der Waals surface area contributed by atoms with E-state index in [0.29, 0.717) is 12.1 Å². The third-order valence-corrected chi connectivity index (χ3v) is 2.28. The van der Waals surface area contributed by atoms with Gasteiger partial charge in [-0.2, -0.15) is 0 Å². The summed E-state index contributed by atoms with van der Waals surface area (Å²) in [5.74, 6) is -0.466.